The van der Waals surface area contributed by atoms with Gasteiger partial charge in [0.15, 0.2) is 5.12 Å². The van der Waals surface area contributed by atoms with Crippen LogP contribution in [0, 0.1) is 0 Å². The summed E-state index contributed by atoms with van der Waals surface area (Å²) < 4.78 is 0. The Balaban J connectivity index is 0.00000131. The summed E-state index contributed by atoms with van der Waals surface area (Å²) in [6.07, 6.45) is 20.7. The van der Waals surface area contributed by atoms with Crippen LogP contribution >= 0.6 is 11.8 Å². The van der Waals surface area contributed by atoms with Gasteiger partial charge in [-0.2, -0.15) is 42.0 Å². The molecule has 3 heteroatoms. The number of carbonyl (C=O) groups excluding carboxylic acids is 1. The van der Waals surface area contributed by atoms with Gasteiger partial charge in [-0.1, -0.05) is 102 Å². The van der Waals surface area contributed by atoms with Crippen molar-refractivity contribution in [2.45, 2.75) is 103 Å². The number of rotatable bonds is 17. The second kappa shape index (κ2) is 23.9. The van der Waals surface area contributed by atoms with Crippen molar-refractivity contribution in [2.24, 2.45) is 0 Å². The van der Waals surface area contributed by atoms with Gasteiger partial charge in [0.25, 0.3) is 0 Å². The van der Waals surface area contributed by atoms with Crippen LogP contribution in [-0.4, -0.2) is 10.9 Å². The van der Waals surface area contributed by atoms with E-state index in [2.05, 4.69) is 24.3 Å². The van der Waals surface area contributed by atoms with Crippen LogP contribution in [0.15, 0.2) is 54.6 Å². The molecule has 0 heterocycles. The van der Waals surface area contributed by atoms with Gasteiger partial charge in [0.2, 0.25) is 0 Å². The fourth-order valence-corrected chi connectivity index (χ4v) is 4.31. The molecule has 0 aromatic heterocycles. The summed E-state index contributed by atoms with van der Waals surface area (Å²) in [6, 6.07) is 18.8. The van der Waals surface area contributed by atoms with Gasteiger partial charge in [0, 0.05) is 12.7 Å². The summed E-state index contributed by atoms with van der Waals surface area (Å²) in [5.41, 5.74) is 1.51. The van der Waals surface area contributed by atoms with Crippen LogP contribution < -0.4 is 0 Å². The first kappa shape index (κ1) is 30.2. The van der Waals surface area contributed by atoms with Gasteiger partial charge in [-0.3, -0.25) is 4.79 Å². The molecule has 31 heavy (non-hydrogen) atoms. The summed E-state index contributed by atoms with van der Waals surface area (Å²) in [5, 5.41) is 0.262. The van der Waals surface area contributed by atoms with Gasteiger partial charge in [-0.15, -0.1) is 0 Å². The van der Waals surface area contributed by atoms with E-state index >= 15 is 0 Å². The number of aryl methyl sites for hydroxylation is 1. The van der Waals surface area contributed by atoms with Crippen molar-refractivity contribution in [3.8, 4) is 0 Å². The fraction of sp³-hybridized carbons (Fsp3) is 0.607. The van der Waals surface area contributed by atoms with Crippen molar-refractivity contribution in [3.63, 3.8) is 0 Å². The summed E-state index contributed by atoms with van der Waals surface area (Å²) in [7, 11) is 0. The zero-order valence-electron chi connectivity index (χ0n) is 19.7. The van der Waals surface area contributed by atoms with E-state index in [9.17, 15) is 4.79 Å². The Bertz CT molecular complexity index is 545. The molecular formula is C28H44FeOS. The molecule has 0 bridgehead atoms. The molecule has 0 fully saturated rings. The van der Waals surface area contributed by atoms with Crippen LogP contribution in [0.5, 0.6) is 0 Å². The van der Waals surface area contributed by atoms with Crippen LogP contribution in [0.1, 0.15) is 102 Å². The molecule has 0 N–H and O–H groups in total. The Labute approximate surface area is 207 Å². The zero-order chi connectivity index (χ0) is 21.5. The number of thioether (sulfide) groups is 1. The predicted octanol–water partition coefficient (Wildman–Crippen LogP) is 9.09. The minimum atomic E-state index is 0. The topological polar surface area (TPSA) is 17.1 Å². The van der Waals surface area contributed by atoms with E-state index in [0.29, 0.717) is 0 Å². The Kier molecular flexibility index (Phi) is 23.3. The third kappa shape index (κ3) is 22.2. The predicted molar refractivity (Wildman–Crippen MR) is 136 cm³/mol. The van der Waals surface area contributed by atoms with E-state index in [4.69, 9.17) is 0 Å². The normalized spacial score (nSPS) is 10.2. The molecule has 1 nitrogen and oxygen atoms in total. The number of hydrogen-bond acceptors (Lipinski definition) is 2. The zero-order valence-corrected chi connectivity index (χ0v) is 21.6. The molecule has 0 spiro atoms. The third-order valence-electron chi connectivity index (χ3n) is 5.45. The van der Waals surface area contributed by atoms with Crippen LogP contribution in [0.4, 0.5) is 0 Å². The van der Waals surface area contributed by atoms with Crippen LogP contribution in [0.2, 0.25) is 0 Å². The third-order valence-corrected chi connectivity index (χ3v) is 6.35. The molecule has 2 aromatic rings. The monoisotopic (exact) mass is 484 g/mol. The van der Waals surface area contributed by atoms with Crippen molar-refractivity contribution in [1.82, 2.24) is 0 Å². The Morgan fingerprint density at radius 1 is 0.710 bits per heavy atom. The van der Waals surface area contributed by atoms with E-state index < -0.39 is 0 Å². The minimum Gasteiger partial charge on any atom is -0.288 e. The first-order chi connectivity index (χ1) is 14.8. The molecule has 0 aliphatic rings. The van der Waals surface area contributed by atoms with Gasteiger partial charge in [-0.05, 0) is 6.42 Å². The van der Waals surface area contributed by atoms with E-state index in [1.54, 1.807) is 6.92 Å². The average molecular weight is 485 g/mol. The Morgan fingerprint density at radius 2 is 1.19 bits per heavy atom. The molecule has 0 aliphatic heterocycles. The maximum absolute atomic E-state index is 10.8. The maximum atomic E-state index is 10.8. The van der Waals surface area contributed by atoms with E-state index in [0.717, 1.165) is 5.75 Å². The minimum absolute atomic E-state index is 0. The Hall–Kier alpha value is -0.761. The maximum Gasteiger partial charge on any atom is 2.00 e. The standard InChI is InChI=1S/C23H39OS.C5H5.Fe/c1-22(24)25-21-17-13-11-9-7-5-3-2-4-6-8-10-12-14-18-23-19-15-16-20-23;1-2-4-5-3-1;/h15-16,19-20H,2-14,17-18,21H2,1H3;1-5H;/q2*-1;+2. The molecule has 0 unspecified atom stereocenters. The quantitative estimate of drug-likeness (QED) is 0.127. The molecular weight excluding hydrogens is 440 g/mol. The summed E-state index contributed by atoms with van der Waals surface area (Å²) in [5.74, 6) is 1.02. The van der Waals surface area contributed by atoms with Crippen molar-refractivity contribution in [2.75, 3.05) is 5.75 Å². The molecule has 2 aromatic carbocycles. The molecule has 0 saturated carbocycles. The van der Waals surface area contributed by atoms with Crippen LogP contribution in [-0.2, 0) is 28.3 Å². The van der Waals surface area contributed by atoms with Crippen molar-refractivity contribution in [1.29, 1.82) is 0 Å². The summed E-state index contributed by atoms with van der Waals surface area (Å²) in [6.45, 7) is 1.66. The molecule has 0 atom stereocenters. The number of unbranched alkanes of at least 4 members (excludes halogenated alkanes) is 13. The largest absolute Gasteiger partial charge is 2.00 e. The van der Waals surface area contributed by atoms with Crippen molar-refractivity contribution >= 4 is 16.9 Å². The first-order valence-electron chi connectivity index (χ1n) is 12.3. The molecule has 0 radical (unpaired) electrons. The molecule has 0 aliphatic carbocycles. The van der Waals surface area contributed by atoms with E-state index in [1.165, 1.54) is 114 Å². The summed E-state index contributed by atoms with van der Waals surface area (Å²) >= 11 is 1.48. The Morgan fingerprint density at radius 3 is 1.58 bits per heavy atom. The second-order valence-corrected chi connectivity index (χ2v) is 9.57. The van der Waals surface area contributed by atoms with E-state index in [1.807, 2.05) is 30.3 Å². The first-order valence-corrected chi connectivity index (χ1v) is 13.3. The molecule has 2 rings (SSSR count). The average Bonchev–Trinajstić information content (AvgIpc) is 3.47. The van der Waals surface area contributed by atoms with Gasteiger partial charge >= 0.3 is 17.1 Å². The number of carbonyl (C=O) groups is 1. The van der Waals surface area contributed by atoms with Gasteiger partial charge in [0.1, 0.15) is 0 Å². The smallest absolute Gasteiger partial charge is 0.288 e. The van der Waals surface area contributed by atoms with Gasteiger partial charge in [0.05, 0.1) is 0 Å². The second-order valence-electron chi connectivity index (χ2n) is 8.30. The molecule has 0 saturated heterocycles. The van der Waals surface area contributed by atoms with Crippen LogP contribution in [0.3, 0.4) is 0 Å². The SMILES string of the molecule is CC(=O)SCCCCCCCCCCCCCCCCc1cc[cH-]c1.[Fe+2].c1cc[cH-]c1. The number of hydrogen-bond donors (Lipinski definition) is 0. The van der Waals surface area contributed by atoms with E-state index in [-0.39, 0.29) is 22.2 Å². The molecule has 0 amide bonds. The van der Waals surface area contributed by atoms with Crippen LogP contribution in [0.25, 0.3) is 0 Å². The summed E-state index contributed by atoms with van der Waals surface area (Å²) in [4.78, 5) is 10.8. The van der Waals surface area contributed by atoms with Gasteiger partial charge in [-0.25, -0.2) is 18.2 Å². The van der Waals surface area contributed by atoms with Crippen molar-refractivity contribution in [3.05, 3.63) is 60.2 Å². The fourth-order valence-electron chi connectivity index (χ4n) is 3.67. The molecule has 176 valence electrons. The van der Waals surface area contributed by atoms with Gasteiger partial charge < -0.3 is 0 Å². The van der Waals surface area contributed by atoms with Crippen molar-refractivity contribution < 1.29 is 21.9 Å².